The second-order valence-corrected chi connectivity index (χ2v) is 5.65. The molecule has 0 saturated carbocycles. The van der Waals surface area contributed by atoms with E-state index in [-0.39, 0.29) is 0 Å². The fourth-order valence-electron chi connectivity index (χ4n) is 2.13. The summed E-state index contributed by atoms with van der Waals surface area (Å²) in [4.78, 5) is 8.65. The van der Waals surface area contributed by atoms with Crippen LogP contribution in [-0.2, 0) is 0 Å². The summed E-state index contributed by atoms with van der Waals surface area (Å²) in [6, 6.07) is 7.67. The molecule has 106 valence electrons. The summed E-state index contributed by atoms with van der Waals surface area (Å²) < 4.78 is 6.16. The number of aromatic nitrogens is 3. The Hall–Kier alpha value is -2.21. The molecule has 0 saturated heterocycles. The number of nitrogens with zero attached hydrogens (tertiary/aromatic N) is 3. The highest BCUT2D eigenvalue weighted by atomic mass is 79.9. The molecule has 21 heavy (non-hydrogen) atoms. The number of nitrogens with two attached hydrogens (primary N) is 1. The van der Waals surface area contributed by atoms with E-state index in [4.69, 9.17) is 10.3 Å². The first-order valence-electron chi connectivity index (χ1n) is 6.38. The highest BCUT2D eigenvalue weighted by molar-refractivity contribution is 9.10. The monoisotopic (exact) mass is 344 g/mol. The minimum atomic E-state index is 0.395. The summed E-state index contributed by atoms with van der Waals surface area (Å²) in [5.41, 5.74) is 10.2. The number of aryl methyl sites for hydroxylation is 2. The molecule has 0 unspecified atom stereocenters. The van der Waals surface area contributed by atoms with E-state index in [1.165, 1.54) is 0 Å². The van der Waals surface area contributed by atoms with Crippen LogP contribution >= 0.6 is 15.9 Å². The molecule has 6 heteroatoms. The lowest BCUT2D eigenvalue weighted by Crippen LogP contribution is -1.95. The van der Waals surface area contributed by atoms with Gasteiger partial charge in [0.25, 0.3) is 5.89 Å². The van der Waals surface area contributed by atoms with Gasteiger partial charge in [0.15, 0.2) is 0 Å². The maximum Gasteiger partial charge on any atom is 0.260 e. The largest absolute Gasteiger partial charge is 0.398 e. The molecule has 5 nitrogen and oxygen atoms in total. The third-order valence-electron chi connectivity index (χ3n) is 3.16. The SMILES string of the molecule is Cc1cc(C)c(N)c(-c2nc(-c3ncccc3Br)no2)c1. The van der Waals surface area contributed by atoms with Gasteiger partial charge in [0, 0.05) is 16.4 Å². The van der Waals surface area contributed by atoms with Crippen molar-refractivity contribution in [2.75, 3.05) is 5.73 Å². The van der Waals surface area contributed by atoms with Crippen molar-refractivity contribution in [2.45, 2.75) is 13.8 Å². The number of benzene rings is 1. The highest BCUT2D eigenvalue weighted by Gasteiger charge is 2.16. The summed E-state index contributed by atoms with van der Waals surface area (Å²) >= 11 is 3.43. The van der Waals surface area contributed by atoms with E-state index < -0.39 is 0 Å². The van der Waals surface area contributed by atoms with Crippen LogP contribution in [0.25, 0.3) is 23.0 Å². The number of halogens is 1. The molecule has 0 radical (unpaired) electrons. The van der Waals surface area contributed by atoms with E-state index in [0.29, 0.717) is 23.1 Å². The number of rotatable bonds is 2. The second kappa shape index (κ2) is 5.29. The van der Waals surface area contributed by atoms with Gasteiger partial charge in [-0.05, 0) is 59.1 Å². The van der Waals surface area contributed by atoms with Crippen LogP contribution in [0.1, 0.15) is 11.1 Å². The average Bonchev–Trinajstić information content (AvgIpc) is 2.92. The topological polar surface area (TPSA) is 77.8 Å². The number of hydrogen-bond acceptors (Lipinski definition) is 5. The summed E-state index contributed by atoms with van der Waals surface area (Å²) in [6.07, 6.45) is 1.68. The Morgan fingerprint density at radius 3 is 2.81 bits per heavy atom. The fourth-order valence-corrected chi connectivity index (χ4v) is 2.57. The molecule has 0 fully saturated rings. The number of nitrogen functional groups attached to an aromatic ring is 1. The summed E-state index contributed by atoms with van der Waals surface area (Å²) in [7, 11) is 0. The van der Waals surface area contributed by atoms with Crippen molar-refractivity contribution >= 4 is 21.6 Å². The van der Waals surface area contributed by atoms with Crippen molar-refractivity contribution in [1.29, 1.82) is 0 Å². The second-order valence-electron chi connectivity index (χ2n) is 4.80. The predicted molar refractivity (Wildman–Crippen MR) is 84.6 cm³/mol. The number of hydrogen-bond donors (Lipinski definition) is 1. The summed E-state index contributed by atoms with van der Waals surface area (Å²) in [5.74, 6) is 0.822. The molecule has 0 aliphatic heterocycles. The van der Waals surface area contributed by atoms with Crippen LogP contribution < -0.4 is 5.73 Å². The van der Waals surface area contributed by atoms with E-state index in [1.807, 2.05) is 38.1 Å². The molecule has 3 rings (SSSR count). The van der Waals surface area contributed by atoms with Gasteiger partial charge in [-0.3, -0.25) is 4.98 Å². The Kier molecular flexibility index (Phi) is 3.47. The lowest BCUT2D eigenvalue weighted by Gasteiger charge is -2.06. The molecule has 1 aromatic carbocycles. The first kappa shape index (κ1) is 13.8. The molecule has 0 spiro atoms. The Morgan fingerprint density at radius 2 is 2.05 bits per heavy atom. The van der Waals surface area contributed by atoms with E-state index >= 15 is 0 Å². The first-order chi connectivity index (χ1) is 10.1. The van der Waals surface area contributed by atoms with Crippen LogP contribution in [-0.4, -0.2) is 15.1 Å². The molecule has 0 bridgehead atoms. The van der Waals surface area contributed by atoms with Crippen molar-refractivity contribution in [1.82, 2.24) is 15.1 Å². The Morgan fingerprint density at radius 1 is 1.24 bits per heavy atom. The molecular weight excluding hydrogens is 332 g/mol. The number of pyridine rings is 1. The molecule has 2 N–H and O–H groups in total. The molecule has 3 aromatic rings. The van der Waals surface area contributed by atoms with Gasteiger partial charge in [-0.15, -0.1) is 0 Å². The zero-order valence-electron chi connectivity index (χ0n) is 11.6. The van der Waals surface area contributed by atoms with Gasteiger partial charge in [-0.25, -0.2) is 0 Å². The molecule has 0 aliphatic rings. The van der Waals surface area contributed by atoms with Gasteiger partial charge in [-0.2, -0.15) is 4.98 Å². The highest BCUT2D eigenvalue weighted by Crippen LogP contribution is 2.31. The van der Waals surface area contributed by atoms with E-state index in [0.717, 1.165) is 21.2 Å². The van der Waals surface area contributed by atoms with Crippen molar-refractivity contribution in [3.05, 3.63) is 46.1 Å². The third kappa shape index (κ3) is 2.54. The van der Waals surface area contributed by atoms with Crippen LogP contribution in [0.5, 0.6) is 0 Å². The van der Waals surface area contributed by atoms with E-state index in [9.17, 15) is 0 Å². The molecule has 0 amide bonds. The van der Waals surface area contributed by atoms with Gasteiger partial charge < -0.3 is 10.3 Å². The normalized spacial score (nSPS) is 10.8. The quantitative estimate of drug-likeness (QED) is 0.716. The lowest BCUT2D eigenvalue weighted by molar-refractivity contribution is 0.432. The van der Waals surface area contributed by atoms with Crippen LogP contribution in [0.3, 0.4) is 0 Å². The number of anilines is 1. The smallest absolute Gasteiger partial charge is 0.260 e. The van der Waals surface area contributed by atoms with Crippen LogP contribution in [0, 0.1) is 13.8 Å². The Labute approximate surface area is 130 Å². The third-order valence-corrected chi connectivity index (χ3v) is 3.80. The van der Waals surface area contributed by atoms with Crippen molar-refractivity contribution < 1.29 is 4.52 Å². The standard InChI is InChI=1S/C15H13BrN4O/c1-8-6-9(2)12(17)10(7-8)15-19-14(20-21-15)13-11(16)4-3-5-18-13/h3-7H,17H2,1-2H3. The molecule has 0 atom stereocenters. The maximum atomic E-state index is 6.11. The van der Waals surface area contributed by atoms with Gasteiger partial charge in [-0.1, -0.05) is 11.2 Å². The minimum absolute atomic E-state index is 0.395. The van der Waals surface area contributed by atoms with Crippen molar-refractivity contribution in [3.8, 4) is 23.0 Å². The van der Waals surface area contributed by atoms with Gasteiger partial charge >= 0.3 is 0 Å². The summed E-state index contributed by atoms with van der Waals surface area (Å²) in [6.45, 7) is 3.96. The van der Waals surface area contributed by atoms with Crippen LogP contribution in [0.15, 0.2) is 39.5 Å². The Bertz CT molecular complexity index is 813. The van der Waals surface area contributed by atoms with Crippen LogP contribution in [0.2, 0.25) is 0 Å². The summed E-state index contributed by atoms with van der Waals surface area (Å²) in [5, 5.41) is 3.99. The molecular formula is C15H13BrN4O. The van der Waals surface area contributed by atoms with E-state index in [1.54, 1.807) is 6.20 Å². The average molecular weight is 345 g/mol. The molecule has 0 aliphatic carbocycles. The fraction of sp³-hybridized carbons (Fsp3) is 0.133. The first-order valence-corrected chi connectivity index (χ1v) is 7.17. The van der Waals surface area contributed by atoms with Gasteiger partial charge in [0.2, 0.25) is 5.82 Å². The molecule has 2 heterocycles. The maximum absolute atomic E-state index is 6.11. The van der Waals surface area contributed by atoms with Gasteiger partial charge in [0.1, 0.15) is 5.69 Å². The zero-order valence-corrected chi connectivity index (χ0v) is 13.2. The predicted octanol–water partition coefficient (Wildman–Crippen LogP) is 3.76. The molecule has 2 aromatic heterocycles. The van der Waals surface area contributed by atoms with Crippen LogP contribution in [0.4, 0.5) is 5.69 Å². The van der Waals surface area contributed by atoms with Gasteiger partial charge in [0.05, 0.1) is 5.56 Å². The Balaban J connectivity index is 2.09. The van der Waals surface area contributed by atoms with E-state index in [2.05, 4.69) is 31.1 Å². The van der Waals surface area contributed by atoms with Crippen molar-refractivity contribution in [3.63, 3.8) is 0 Å². The minimum Gasteiger partial charge on any atom is -0.398 e. The zero-order chi connectivity index (χ0) is 15.0. The lowest BCUT2D eigenvalue weighted by atomic mass is 10.0. The van der Waals surface area contributed by atoms with Crippen molar-refractivity contribution in [2.24, 2.45) is 0 Å².